The summed E-state index contributed by atoms with van der Waals surface area (Å²) in [5.41, 5.74) is 7.95. The van der Waals surface area contributed by atoms with Gasteiger partial charge >= 0.3 is 0 Å². The predicted molar refractivity (Wildman–Crippen MR) is 79.8 cm³/mol. The van der Waals surface area contributed by atoms with Crippen LogP contribution in [0.4, 0.5) is 5.95 Å². The fourth-order valence-electron chi connectivity index (χ4n) is 2.01. The summed E-state index contributed by atoms with van der Waals surface area (Å²) in [6.07, 6.45) is 1.55. The van der Waals surface area contributed by atoms with Gasteiger partial charge in [0.1, 0.15) is 11.3 Å². The number of imidazole rings is 1. The molecule has 20 heavy (non-hydrogen) atoms. The van der Waals surface area contributed by atoms with Gasteiger partial charge in [0.25, 0.3) is 0 Å². The molecule has 0 saturated heterocycles. The van der Waals surface area contributed by atoms with E-state index in [9.17, 15) is 0 Å². The van der Waals surface area contributed by atoms with E-state index in [1.165, 1.54) is 0 Å². The zero-order valence-electron chi connectivity index (χ0n) is 10.5. The summed E-state index contributed by atoms with van der Waals surface area (Å²) in [5, 5.41) is 0.995. The largest absolute Gasteiger partial charge is 0.495 e. The standard InChI is InChI=1S/C13H10Cl2N4O/c1-20-11-3-2-8(5-9(11)15)19-12-10(18-13(19)16)4-7(14)6-17-12/h2-6H,1H3,(H2,16,18). The Morgan fingerprint density at radius 3 is 2.75 bits per heavy atom. The molecule has 0 amide bonds. The molecule has 3 aromatic rings. The second-order valence-electron chi connectivity index (χ2n) is 4.12. The van der Waals surface area contributed by atoms with Crippen molar-refractivity contribution < 1.29 is 4.74 Å². The smallest absolute Gasteiger partial charge is 0.207 e. The summed E-state index contributed by atoms with van der Waals surface area (Å²) >= 11 is 12.0. The number of hydrogen-bond acceptors (Lipinski definition) is 4. The number of nitrogens with zero attached hydrogens (tertiary/aromatic N) is 3. The number of nitrogens with two attached hydrogens (primary N) is 1. The Morgan fingerprint density at radius 2 is 2.05 bits per heavy atom. The van der Waals surface area contributed by atoms with Crippen molar-refractivity contribution in [3.05, 3.63) is 40.5 Å². The van der Waals surface area contributed by atoms with Crippen LogP contribution in [0, 0.1) is 0 Å². The number of anilines is 1. The molecule has 2 heterocycles. The molecule has 1 aromatic carbocycles. The third-order valence-corrected chi connectivity index (χ3v) is 3.39. The molecular weight excluding hydrogens is 299 g/mol. The van der Waals surface area contributed by atoms with Crippen LogP contribution >= 0.6 is 23.2 Å². The van der Waals surface area contributed by atoms with Crippen molar-refractivity contribution in [2.45, 2.75) is 0 Å². The van der Waals surface area contributed by atoms with Crippen molar-refractivity contribution in [1.29, 1.82) is 0 Å². The van der Waals surface area contributed by atoms with E-state index in [-0.39, 0.29) is 0 Å². The lowest BCUT2D eigenvalue weighted by Crippen LogP contribution is -2.01. The minimum atomic E-state index is 0.316. The van der Waals surface area contributed by atoms with E-state index in [2.05, 4.69) is 9.97 Å². The van der Waals surface area contributed by atoms with Gasteiger partial charge in [-0.2, -0.15) is 0 Å². The quantitative estimate of drug-likeness (QED) is 0.788. The van der Waals surface area contributed by atoms with E-state index in [0.717, 1.165) is 5.69 Å². The lowest BCUT2D eigenvalue weighted by molar-refractivity contribution is 0.415. The topological polar surface area (TPSA) is 66.0 Å². The van der Waals surface area contributed by atoms with E-state index in [1.54, 1.807) is 36.1 Å². The highest BCUT2D eigenvalue weighted by Gasteiger charge is 2.13. The monoisotopic (exact) mass is 308 g/mol. The van der Waals surface area contributed by atoms with Crippen LogP contribution in [0.2, 0.25) is 10.0 Å². The van der Waals surface area contributed by atoms with Crippen LogP contribution in [0.15, 0.2) is 30.5 Å². The Labute approximate surface area is 124 Å². The number of rotatable bonds is 2. The van der Waals surface area contributed by atoms with Gasteiger partial charge in [-0.3, -0.25) is 4.57 Å². The van der Waals surface area contributed by atoms with Crippen molar-refractivity contribution in [2.75, 3.05) is 12.8 Å². The van der Waals surface area contributed by atoms with Crippen molar-refractivity contribution >= 4 is 40.3 Å². The minimum absolute atomic E-state index is 0.316. The summed E-state index contributed by atoms with van der Waals surface area (Å²) in [6, 6.07) is 7.05. The van der Waals surface area contributed by atoms with Crippen LogP contribution in [-0.4, -0.2) is 21.6 Å². The Morgan fingerprint density at radius 1 is 1.25 bits per heavy atom. The van der Waals surface area contributed by atoms with Crippen LogP contribution in [0.3, 0.4) is 0 Å². The highest BCUT2D eigenvalue weighted by molar-refractivity contribution is 6.32. The van der Waals surface area contributed by atoms with Crippen LogP contribution in [0.25, 0.3) is 16.9 Å². The van der Waals surface area contributed by atoms with Gasteiger partial charge < -0.3 is 10.5 Å². The van der Waals surface area contributed by atoms with E-state index in [0.29, 0.717) is 32.9 Å². The summed E-state index contributed by atoms with van der Waals surface area (Å²) in [5.74, 6) is 0.908. The molecule has 2 N–H and O–H groups in total. The zero-order chi connectivity index (χ0) is 14.3. The number of aromatic nitrogens is 3. The maximum atomic E-state index is 6.13. The number of nitrogen functional groups attached to an aromatic ring is 1. The van der Waals surface area contributed by atoms with Gasteiger partial charge in [-0.25, -0.2) is 9.97 Å². The molecule has 0 aliphatic rings. The fourth-order valence-corrected chi connectivity index (χ4v) is 2.41. The average molecular weight is 309 g/mol. The number of halogens is 2. The number of hydrogen-bond donors (Lipinski definition) is 1. The molecule has 0 radical (unpaired) electrons. The first-order chi connectivity index (χ1) is 9.60. The fraction of sp³-hybridized carbons (Fsp3) is 0.0769. The van der Waals surface area contributed by atoms with Gasteiger partial charge in [-0.05, 0) is 24.3 Å². The summed E-state index contributed by atoms with van der Waals surface area (Å²) < 4.78 is 6.83. The second kappa shape index (κ2) is 4.85. The molecule has 102 valence electrons. The summed E-state index contributed by atoms with van der Waals surface area (Å²) in [7, 11) is 1.56. The maximum absolute atomic E-state index is 6.13. The molecule has 3 rings (SSSR count). The molecule has 0 fully saturated rings. The molecule has 0 aliphatic carbocycles. The molecule has 5 nitrogen and oxygen atoms in total. The van der Waals surface area contributed by atoms with Crippen LogP contribution in [0.1, 0.15) is 0 Å². The van der Waals surface area contributed by atoms with E-state index >= 15 is 0 Å². The lowest BCUT2D eigenvalue weighted by Gasteiger charge is -2.08. The summed E-state index contributed by atoms with van der Waals surface area (Å²) in [4.78, 5) is 8.51. The Kier molecular flexibility index (Phi) is 3.16. The molecule has 0 bridgehead atoms. The molecule has 0 atom stereocenters. The van der Waals surface area contributed by atoms with Crippen LogP contribution < -0.4 is 10.5 Å². The maximum Gasteiger partial charge on any atom is 0.207 e. The third kappa shape index (κ3) is 2.05. The first kappa shape index (κ1) is 13.0. The molecule has 0 saturated carbocycles. The van der Waals surface area contributed by atoms with Gasteiger partial charge in [0.15, 0.2) is 5.65 Å². The lowest BCUT2D eigenvalue weighted by atomic mass is 10.3. The third-order valence-electron chi connectivity index (χ3n) is 2.88. The summed E-state index contributed by atoms with van der Waals surface area (Å²) in [6.45, 7) is 0. The van der Waals surface area contributed by atoms with Gasteiger partial charge in [-0.15, -0.1) is 0 Å². The van der Waals surface area contributed by atoms with Gasteiger partial charge in [0.05, 0.1) is 22.8 Å². The molecule has 0 spiro atoms. The Hall–Kier alpha value is -1.98. The normalized spacial score (nSPS) is 10.9. The minimum Gasteiger partial charge on any atom is -0.495 e. The predicted octanol–water partition coefficient (Wildman–Crippen LogP) is 3.32. The number of ether oxygens (including phenoxy) is 1. The number of methoxy groups -OCH3 is 1. The highest BCUT2D eigenvalue weighted by atomic mass is 35.5. The van der Waals surface area contributed by atoms with Crippen molar-refractivity contribution in [1.82, 2.24) is 14.5 Å². The van der Waals surface area contributed by atoms with E-state index in [1.807, 2.05) is 6.07 Å². The molecule has 0 unspecified atom stereocenters. The molecular formula is C13H10Cl2N4O. The second-order valence-corrected chi connectivity index (χ2v) is 4.96. The molecule has 0 aliphatic heterocycles. The van der Waals surface area contributed by atoms with Gasteiger partial charge in [0.2, 0.25) is 5.95 Å². The van der Waals surface area contributed by atoms with Crippen molar-refractivity contribution in [2.24, 2.45) is 0 Å². The van der Waals surface area contributed by atoms with E-state index < -0.39 is 0 Å². The number of pyridine rings is 1. The average Bonchev–Trinajstić information content (AvgIpc) is 2.73. The SMILES string of the molecule is COc1ccc(-n2c(N)nc3cc(Cl)cnc32)cc1Cl. The Bertz CT molecular complexity index is 800. The first-order valence-corrected chi connectivity index (χ1v) is 6.49. The van der Waals surface area contributed by atoms with Crippen LogP contribution in [-0.2, 0) is 0 Å². The van der Waals surface area contributed by atoms with Gasteiger partial charge in [0, 0.05) is 6.20 Å². The van der Waals surface area contributed by atoms with Crippen molar-refractivity contribution in [3.8, 4) is 11.4 Å². The molecule has 2 aromatic heterocycles. The van der Waals surface area contributed by atoms with Gasteiger partial charge in [-0.1, -0.05) is 23.2 Å². The molecule has 7 heteroatoms. The van der Waals surface area contributed by atoms with Crippen LogP contribution in [0.5, 0.6) is 5.75 Å². The first-order valence-electron chi connectivity index (χ1n) is 5.73. The zero-order valence-corrected chi connectivity index (χ0v) is 12.0. The van der Waals surface area contributed by atoms with Crippen molar-refractivity contribution in [3.63, 3.8) is 0 Å². The number of fused-ring (bicyclic) bond motifs is 1. The number of benzene rings is 1. The highest BCUT2D eigenvalue weighted by Crippen LogP contribution is 2.29. The Balaban J connectivity index is 2.23. The van der Waals surface area contributed by atoms with E-state index in [4.69, 9.17) is 33.7 Å².